The number of benzene rings is 1. The lowest BCUT2D eigenvalue weighted by Crippen LogP contribution is -2.99. The second-order valence-electron chi connectivity index (χ2n) is 3.67. The number of halogens is 1. The van der Waals surface area contributed by atoms with Crippen molar-refractivity contribution in [1.29, 1.82) is 0 Å². The summed E-state index contributed by atoms with van der Waals surface area (Å²) in [6.07, 6.45) is 2.82. The van der Waals surface area contributed by atoms with Gasteiger partial charge in [0.1, 0.15) is 6.61 Å². The van der Waals surface area contributed by atoms with E-state index in [1.54, 1.807) is 25.1 Å². The van der Waals surface area contributed by atoms with Gasteiger partial charge in [-0.3, -0.25) is 0 Å². The minimum absolute atomic E-state index is 0.155. The lowest BCUT2D eigenvalue weighted by atomic mass is 10.2. The number of nitrogens with one attached hydrogen (secondary N) is 1. The van der Waals surface area contributed by atoms with Crippen LogP contribution in [0.2, 0.25) is 0 Å². The summed E-state index contributed by atoms with van der Waals surface area (Å²) < 4.78 is 4.84. The number of carbonyl (C=O) groups excluding carboxylic acids is 1. The second kappa shape index (κ2) is 7.13. The molecule has 98 valence electrons. The molecule has 0 aliphatic heterocycles. The van der Waals surface area contributed by atoms with Crippen molar-refractivity contribution >= 4 is 29.3 Å². The van der Waals surface area contributed by atoms with Crippen LogP contribution in [0.1, 0.15) is 12.5 Å². The highest BCUT2D eigenvalue weighted by molar-refractivity contribution is 6.20. The van der Waals surface area contributed by atoms with Crippen LogP contribution < -0.4 is 5.23 Å². The number of hydrogen-bond acceptors (Lipinski definition) is 4. The molecule has 2 atom stereocenters. The van der Waals surface area contributed by atoms with Crippen LogP contribution in [-0.4, -0.2) is 23.2 Å². The van der Waals surface area contributed by atoms with Gasteiger partial charge < -0.3 is 9.94 Å². The van der Waals surface area contributed by atoms with E-state index < -0.39 is 11.2 Å². The van der Waals surface area contributed by atoms with Crippen LogP contribution in [-0.2, 0) is 9.53 Å². The minimum Gasteiger partial charge on any atom is -0.595 e. The number of alkyl halides is 1. The molecule has 0 radical (unpaired) electrons. The molecule has 0 heterocycles. The highest BCUT2D eigenvalue weighted by atomic mass is 35.5. The van der Waals surface area contributed by atoms with Crippen LogP contribution in [0.4, 0.5) is 5.69 Å². The molecule has 0 saturated heterocycles. The van der Waals surface area contributed by atoms with Crippen LogP contribution in [0.5, 0.6) is 0 Å². The van der Waals surface area contributed by atoms with Gasteiger partial charge in [0.05, 0.1) is 5.38 Å². The van der Waals surface area contributed by atoms with E-state index >= 15 is 0 Å². The standard InChI is InChI=1S/C12H14ClNO4/c1-9(13)8-18-12(15)7-4-10-2-5-11(6-3-10)14(16)17/h2-7,9,14,16H,8H2,1H3/b7-4+/t9-/m0/s1. The SMILES string of the molecule is C[C@H](Cl)COC(=O)/C=C/c1ccc([NH+]([O-])O)cc1. The maximum Gasteiger partial charge on any atom is 0.330 e. The van der Waals surface area contributed by atoms with E-state index in [1.165, 1.54) is 18.2 Å². The van der Waals surface area contributed by atoms with Gasteiger partial charge in [-0.2, -0.15) is 5.23 Å². The highest BCUT2D eigenvalue weighted by Gasteiger charge is 2.01. The smallest absolute Gasteiger partial charge is 0.330 e. The van der Waals surface area contributed by atoms with E-state index in [1.807, 2.05) is 0 Å². The van der Waals surface area contributed by atoms with Gasteiger partial charge in [0.25, 0.3) is 0 Å². The molecule has 1 unspecified atom stereocenters. The zero-order valence-corrected chi connectivity index (χ0v) is 10.6. The van der Waals surface area contributed by atoms with Crippen LogP contribution >= 0.6 is 11.6 Å². The molecule has 0 fully saturated rings. The summed E-state index contributed by atoms with van der Waals surface area (Å²) in [5.74, 6) is -0.482. The molecule has 18 heavy (non-hydrogen) atoms. The molecular weight excluding hydrogens is 258 g/mol. The predicted molar refractivity (Wildman–Crippen MR) is 67.5 cm³/mol. The molecule has 6 heteroatoms. The Labute approximate surface area is 110 Å². The zero-order valence-electron chi connectivity index (χ0n) is 9.80. The van der Waals surface area contributed by atoms with E-state index in [9.17, 15) is 10.0 Å². The molecular formula is C12H14ClNO4. The van der Waals surface area contributed by atoms with E-state index in [0.717, 1.165) is 5.56 Å². The average Bonchev–Trinajstić information content (AvgIpc) is 2.34. The third kappa shape index (κ3) is 5.29. The molecule has 0 aliphatic carbocycles. The van der Waals surface area contributed by atoms with Gasteiger partial charge in [-0.25, -0.2) is 10.0 Å². The summed E-state index contributed by atoms with van der Waals surface area (Å²) in [6, 6.07) is 6.15. The number of quaternary nitrogens is 1. The Balaban J connectivity index is 2.53. The quantitative estimate of drug-likeness (QED) is 0.366. The van der Waals surface area contributed by atoms with Crippen molar-refractivity contribution in [3.05, 3.63) is 41.1 Å². The molecule has 2 N–H and O–H groups in total. The number of esters is 1. The fraction of sp³-hybridized carbons (Fsp3) is 0.250. The fourth-order valence-corrected chi connectivity index (χ4v) is 1.21. The molecule has 0 spiro atoms. The van der Waals surface area contributed by atoms with Gasteiger partial charge in [-0.05, 0) is 30.7 Å². The molecule has 1 rings (SSSR count). The maximum absolute atomic E-state index is 11.2. The molecule has 0 aliphatic rings. The summed E-state index contributed by atoms with van der Waals surface area (Å²) in [7, 11) is 0. The molecule has 0 bridgehead atoms. The lowest BCUT2D eigenvalue weighted by Gasteiger charge is -2.10. The van der Waals surface area contributed by atoms with E-state index in [0.29, 0.717) is 0 Å². The summed E-state index contributed by atoms with van der Waals surface area (Å²) in [4.78, 5) is 11.2. The molecule has 0 aromatic heterocycles. The normalized spacial score (nSPS) is 14.4. The van der Waals surface area contributed by atoms with Crippen LogP contribution in [0.25, 0.3) is 6.08 Å². The van der Waals surface area contributed by atoms with Crippen LogP contribution in [0.15, 0.2) is 30.3 Å². The lowest BCUT2D eigenvalue weighted by molar-refractivity contribution is -0.991. The van der Waals surface area contributed by atoms with E-state index in [4.69, 9.17) is 21.5 Å². The van der Waals surface area contributed by atoms with E-state index in [2.05, 4.69) is 0 Å². The van der Waals surface area contributed by atoms with Crippen molar-refractivity contribution in [3.63, 3.8) is 0 Å². The topological polar surface area (TPSA) is 74.0 Å². The first-order chi connectivity index (χ1) is 8.49. The third-order valence-electron chi connectivity index (χ3n) is 2.02. The number of rotatable bonds is 5. The van der Waals surface area contributed by atoms with Gasteiger partial charge in [0.15, 0.2) is 5.69 Å². The van der Waals surface area contributed by atoms with Gasteiger partial charge in [0, 0.05) is 18.2 Å². The van der Waals surface area contributed by atoms with Crippen LogP contribution in [0, 0.1) is 5.21 Å². The zero-order chi connectivity index (χ0) is 13.5. The van der Waals surface area contributed by atoms with Gasteiger partial charge in [-0.1, -0.05) is 0 Å². The number of carbonyl (C=O) groups is 1. The number of ether oxygens (including phenoxy) is 1. The maximum atomic E-state index is 11.2. The number of hydrogen-bond donors (Lipinski definition) is 2. The van der Waals surface area contributed by atoms with Gasteiger partial charge >= 0.3 is 5.97 Å². The van der Waals surface area contributed by atoms with Gasteiger partial charge in [-0.15, -0.1) is 11.6 Å². The molecule has 5 nitrogen and oxygen atoms in total. The first-order valence-electron chi connectivity index (χ1n) is 5.31. The van der Waals surface area contributed by atoms with Crippen molar-refractivity contribution in [2.45, 2.75) is 12.3 Å². The molecule has 0 saturated carbocycles. The Hall–Kier alpha value is -1.40. The summed E-state index contributed by atoms with van der Waals surface area (Å²) in [6.45, 7) is 1.88. The summed E-state index contributed by atoms with van der Waals surface area (Å²) >= 11 is 5.63. The molecule has 0 amide bonds. The first-order valence-corrected chi connectivity index (χ1v) is 5.75. The van der Waals surface area contributed by atoms with Crippen molar-refractivity contribution in [1.82, 2.24) is 0 Å². The Morgan fingerprint density at radius 2 is 2.17 bits per heavy atom. The van der Waals surface area contributed by atoms with Crippen molar-refractivity contribution in [3.8, 4) is 0 Å². The third-order valence-corrected chi connectivity index (χ3v) is 2.15. The minimum atomic E-state index is -0.985. The first kappa shape index (κ1) is 14.7. The Morgan fingerprint density at radius 3 is 2.67 bits per heavy atom. The van der Waals surface area contributed by atoms with Crippen molar-refractivity contribution in [2.24, 2.45) is 0 Å². The molecule has 1 aromatic rings. The predicted octanol–water partition coefficient (Wildman–Crippen LogP) is 1.27. The Morgan fingerprint density at radius 1 is 1.56 bits per heavy atom. The van der Waals surface area contributed by atoms with Crippen molar-refractivity contribution < 1.29 is 20.0 Å². The van der Waals surface area contributed by atoms with Gasteiger partial charge in [0.2, 0.25) is 0 Å². The summed E-state index contributed by atoms with van der Waals surface area (Å²) in [5.41, 5.74) is 0.918. The van der Waals surface area contributed by atoms with E-state index in [-0.39, 0.29) is 17.7 Å². The Bertz CT molecular complexity index is 415. The van der Waals surface area contributed by atoms with Crippen LogP contribution in [0.3, 0.4) is 0 Å². The second-order valence-corrected chi connectivity index (χ2v) is 4.42. The van der Waals surface area contributed by atoms with Crippen molar-refractivity contribution in [2.75, 3.05) is 6.61 Å². The highest BCUT2D eigenvalue weighted by Crippen LogP contribution is 2.07. The summed E-state index contributed by atoms with van der Waals surface area (Å²) in [5, 5.41) is 18.1. The monoisotopic (exact) mass is 271 g/mol. The average molecular weight is 272 g/mol. The Kier molecular flexibility index (Phi) is 5.80. The molecule has 1 aromatic carbocycles. The largest absolute Gasteiger partial charge is 0.595 e. The fourth-order valence-electron chi connectivity index (χ4n) is 1.15.